The quantitative estimate of drug-likeness (QED) is 0.124. The zero-order valence-electron chi connectivity index (χ0n) is 21.7. The van der Waals surface area contributed by atoms with Crippen molar-refractivity contribution < 1.29 is 61.0 Å². The van der Waals surface area contributed by atoms with Crippen LogP contribution in [0.2, 0.25) is 0 Å². The fourth-order valence-electron chi connectivity index (χ4n) is 1.38. The van der Waals surface area contributed by atoms with Crippen molar-refractivity contribution in [3.63, 3.8) is 0 Å². The molecule has 0 aliphatic rings. The second-order valence-corrected chi connectivity index (χ2v) is 8.43. The van der Waals surface area contributed by atoms with Crippen LogP contribution in [0, 0.1) is 17.8 Å². The van der Waals surface area contributed by atoms with E-state index in [2.05, 4.69) is 0 Å². The third kappa shape index (κ3) is 40.0. The van der Waals surface area contributed by atoms with Gasteiger partial charge in [-0.3, -0.25) is 0 Å². The number of carbonyl (C=O) groups excluding carboxylic acids is 3. The maximum atomic E-state index is 10.7. The molecule has 0 atom stereocenters. The van der Waals surface area contributed by atoms with Crippen LogP contribution in [0.1, 0.15) is 62.3 Å². The molecule has 0 fully saturated rings. The van der Waals surface area contributed by atoms with Gasteiger partial charge in [-0.15, -0.1) is 0 Å². The molecule has 0 amide bonds. The zero-order valence-corrected chi connectivity index (χ0v) is 22.8. The van der Waals surface area contributed by atoms with E-state index in [1.807, 2.05) is 41.5 Å². The molecule has 0 bridgehead atoms. The average Bonchev–Trinajstić information content (AvgIpc) is 2.62. The van der Waals surface area contributed by atoms with E-state index in [-0.39, 0.29) is 34.3 Å². The van der Waals surface area contributed by atoms with E-state index in [0.717, 1.165) is 18.2 Å². The fourth-order valence-corrected chi connectivity index (χ4v) is 1.38. The minimum absolute atomic E-state index is 0. The summed E-state index contributed by atoms with van der Waals surface area (Å²) in [7, 11) is 0. The fraction of sp³-hybridized carbons (Fsp3) is 0.625. The Labute approximate surface area is 214 Å². The van der Waals surface area contributed by atoms with Crippen LogP contribution in [0.25, 0.3) is 0 Å². The van der Waals surface area contributed by atoms with Crippen molar-refractivity contribution in [3.8, 4) is 0 Å². The Morgan fingerprint density at radius 2 is 0.735 bits per heavy atom. The van der Waals surface area contributed by atoms with Gasteiger partial charge in [0.25, 0.3) is 0 Å². The molecule has 9 nitrogen and oxygen atoms in total. The van der Waals surface area contributed by atoms with Crippen LogP contribution < -0.4 is 0 Å². The molecule has 0 aromatic rings. The smallest absolute Gasteiger partial charge is 0.334 e. The molecule has 3 N–H and O–H groups in total. The van der Waals surface area contributed by atoms with E-state index < -0.39 is 17.9 Å². The number of allylic oxidation sites excluding steroid dienone is 3. The number of hydrogen-bond acceptors (Lipinski definition) is 9. The predicted molar refractivity (Wildman–Crippen MR) is 127 cm³/mol. The maximum Gasteiger partial charge on any atom is 0.334 e. The number of aliphatic hydroxyl groups excluding tert-OH is 3. The van der Waals surface area contributed by atoms with E-state index in [9.17, 15) is 14.4 Å². The maximum absolute atomic E-state index is 10.7. The molecule has 0 saturated carbocycles. The van der Waals surface area contributed by atoms with Gasteiger partial charge in [0.05, 0.1) is 55.3 Å². The second-order valence-electron chi connectivity index (χ2n) is 8.43. The monoisotopic (exact) mass is 530 g/mol. The standard InChI is InChI=1S/3C8H14O3.Fe/c3*1-6(2)5-11-8(10)4-7(3)9;/h3*4,6,9H,5H2,1-3H3;/b2*7-4+;7-4-;. The van der Waals surface area contributed by atoms with Gasteiger partial charge < -0.3 is 29.5 Å². The van der Waals surface area contributed by atoms with Crippen LogP contribution in [0.4, 0.5) is 0 Å². The van der Waals surface area contributed by atoms with E-state index in [4.69, 9.17) is 29.5 Å². The molecule has 0 aromatic carbocycles. The summed E-state index contributed by atoms with van der Waals surface area (Å²) in [4.78, 5) is 32.1. The average molecular weight is 530 g/mol. The largest absolute Gasteiger partial charge is 0.512 e. The molecule has 0 aliphatic heterocycles. The Morgan fingerprint density at radius 3 is 0.853 bits per heavy atom. The van der Waals surface area contributed by atoms with Crippen LogP contribution >= 0.6 is 0 Å². The first-order valence-electron chi connectivity index (χ1n) is 10.7. The van der Waals surface area contributed by atoms with Crippen LogP contribution in [-0.4, -0.2) is 53.0 Å². The molecule has 34 heavy (non-hydrogen) atoms. The van der Waals surface area contributed by atoms with Crippen molar-refractivity contribution in [2.45, 2.75) is 62.3 Å². The number of aliphatic hydroxyl groups is 3. The molecule has 0 spiro atoms. The summed E-state index contributed by atoms with van der Waals surface area (Å²) in [5.41, 5.74) is 0. The predicted octanol–water partition coefficient (Wildman–Crippen LogP) is 4.94. The SMILES string of the molecule is C/C(O)=C/C(=O)OCC(C)C.C/C(O)=C\C(=O)OCC(C)C.C/C(O)=C\C(=O)OCC(C)C.[Fe]. The molecule has 0 heterocycles. The molecule has 0 rings (SSSR count). The first-order valence-corrected chi connectivity index (χ1v) is 10.7. The van der Waals surface area contributed by atoms with Gasteiger partial charge in [-0.25, -0.2) is 14.4 Å². The second kappa shape index (κ2) is 23.7. The van der Waals surface area contributed by atoms with Crippen LogP contribution in [0.15, 0.2) is 35.5 Å². The number of esters is 3. The summed E-state index contributed by atoms with van der Waals surface area (Å²) in [6, 6.07) is 0. The van der Waals surface area contributed by atoms with Gasteiger partial charge in [-0.1, -0.05) is 41.5 Å². The Hall–Kier alpha value is -2.45. The first kappa shape index (κ1) is 38.8. The van der Waals surface area contributed by atoms with Crippen LogP contribution in [0.5, 0.6) is 0 Å². The summed E-state index contributed by atoms with van der Waals surface area (Å²) < 4.78 is 14.2. The Morgan fingerprint density at radius 1 is 0.559 bits per heavy atom. The molecular weight excluding hydrogens is 488 g/mol. The van der Waals surface area contributed by atoms with Crippen molar-refractivity contribution >= 4 is 17.9 Å². The van der Waals surface area contributed by atoms with Gasteiger partial charge in [0.2, 0.25) is 0 Å². The van der Waals surface area contributed by atoms with E-state index >= 15 is 0 Å². The van der Waals surface area contributed by atoms with Crippen LogP contribution in [-0.2, 0) is 45.7 Å². The van der Waals surface area contributed by atoms with Gasteiger partial charge in [0, 0.05) is 17.1 Å². The molecule has 0 aliphatic carbocycles. The molecular formula is C24H42FeO9. The van der Waals surface area contributed by atoms with E-state index in [0.29, 0.717) is 37.6 Å². The summed E-state index contributed by atoms with van der Waals surface area (Å²) in [6.45, 7) is 17.1. The third-order valence-corrected chi connectivity index (χ3v) is 2.66. The van der Waals surface area contributed by atoms with Crippen molar-refractivity contribution in [3.05, 3.63) is 35.5 Å². The van der Waals surface area contributed by atoms with Gasteiger partial charge in [0.1, 0.15) is 0 Å². The molecule has 0 saturated heterocycles. The van der Waals surface area contributed by atoms with Crippen LogP contribution in [0.3, 0.4) is 0 Å². The number of ether oxygens (including phenoxy) is 3. The third-order valence-electron chi connectivity index (χ3n) is 2.66. The summed E-state index contributed by atoms with van der Waals surface area (Å²) >= 11 is 0. The van der Waals surface area contributed by atoms with Gasteiger partial charge >= 0.3 is 17.9 Å². The van der Waals surface area contributed by atoms with Gasteiger partial charge in [-0.2, -0.15) is 0 Å². The molecule has 200 valence electrons. The first-order chi connectivity index (χ1) is 15.1. The van der Waals surface area contributed by atoms with Crippen molar-refractivity contribution in [2.75, 3.05) is 19.8 Å². The van der Waals surface area contributed by atoms with Gasteiger partial charge in [0.15, 0.2) is 0 Å². The molecule has 10 heteroatoms. The normalized spacial score (nSPS) is 11.5. The minimum atomic E-state index is -0.487. The molecule has 0 radical (unpaired) electrons. The van der Waals surface area contributed by atoms with Crippen molar-refractivity contribution in [1.29, 1.82) is 0 Å². The summed E-state index contributed by atoms with van der Waals surface area (Å²) in [5.74, 6) is -0.573. The summed E-state index contributed by atoms with van der Waals surface area (Å²) in [6.07, 6.45) is 3.17. The van der Waals surface area contributed by atoms with E-state index in [1.54, 1.807) is 0 Å². The van der Waals surface area contributed by atoms with Gasteiger partial charge in [-0.05, 0) is 38.5 Å². The van der Waals surface area contributed by atoms with E-state index in [1.165, 1.54) is 20.8 Å². The molecule has 0 aromatic heterocycles. The van der Waals surface area contributed by atoms with Crippen molar-refractivity contribution in [2.24, 2.45) is 17.8 Å². The van der Waals surface area contributed by atoms with Crippen molar-refractivity contribution in [1.82, 2.24) is 0 Å². The Balaban J connectivity index is -0.000000196. The topological polar surface area (TPSA) is 140 Å². The minimum Gasteiger partial charge on any atom is -0.512 e. The Bertz CT molecular complexity index is 561. The molecule has 0 unspecified atom stereocenters. The Kier molecular flexibility index (Phi) is 27.0. The number of carbonyl (C=O) groups is 3. The number of hydrogen-bond donors (Lipinski definition) is 3. The summed E-state index contributed by atoms with van der Waals surface area (Å²) in [5, 5.41) is 25.9. The number of rotatable bonds is 9. The zero-order chi connectivity index (χ0) is 26.6.